The summed E-state index contributed by atoms with van der Waals surface area (Å²) in [5.41, 5.74) is 1.55. The van der Waals surface area contributed by atoms with Crippen molar-refractivity contribution in [3.63, 3.8) is 0 Å². The van der Waals surface area contributed by atoms with Crippen LogP contribution < -0.4 is 10.5 Å². The zero-order chi connectivity index (χ0) is 32.6. The minimum Gasteiger partial charge on any atom is -0.371 e. The molecule has 0 saturated carbocycles. The minimum absolute atomic E-state index is 0.0179. The number of halogens is 2. The van der Waals surface area contributed by atoms with Gasteiger partial charge in [-0.3, -0.25) is 14.2 Å². The molecule has 0 bridgehead atoms. The summed E-state index contributed by atoms with van der Waals surface area (Å²) in [6.07, 6.45) is 5.41. The maximum absolute atomic E-state index is 14.3. The van der Waals surface area contributed by atoms with Crippen molar-refractivity contribution in [2.24, 2.45) is 5.41 Å². The van der Waals surface area contributed by atoms with Gasteiger partial charge in [0.05, 0.1) is 26.7 Å². The van der Waals surface area contributed by atoms with E-state index in [0.29, 0.717) is 40.4 Å². The number of rotatable bonds is 9. The number of fused-ring (bicyclic) bond motifs is 1. The van der Waals surface area contributed by atoms with Gasteiger partial charge < -0.3 is 9.80 Å². The molecule has 1 amide bonds. The number of aromatic nitrogens is 2. The summed E-state index contributed by atoms with van der Waals surface area (Å²) >= 11 is 13.9. The second kappa shape index (κ2) is 13.2. The van der Waals surface area contributed by atoms with E-state index in [9.17, 15) is 18.0 Å². The third-order valence-electron chi connectivity index (χ3n) is 9.01. The van der Waals surface area contributed by atoms with E-state index in [4.69, 9.17) is 28.2 Å². The topological polar surface area (TPSA) is 92.6 Å². The van der Waals surface area contributed by atoms with E-state index in [0.717, 1.165) is 50.7 Å². The average Bonchev–Trinajstić information content (AvgIpc) is 3.64. The molecular formula is C34H36Cl2N4O4S2. The van der Waals surface area contributed by atoms with Crippen molar-refractivity contribution in [2.75, 3.05) is 37.3 Å². The molecule has 1 aromatic heterocycles. The van der Waals surface area contributed by atoms with E-state index in [1.54, 1.807) is 24.3 Å². The average molecular weight is 700 g/mol. The molecule has 0 aliphatic carbocycles. The number of sulfone groups is 1. The van der Waals surface area contributed by atoms with E-state index < -0.39 is 15.1 Å². The molecule has 2 aliphatic rings. The first-order valence-electron chi connectivity index (χ1n) is 15.5. The Bertz CT molecular complexity index is 1970. The van der Waals surface area contributed by atoms with Crippen molar-refractivity contribution in [3.05, 3.63) is 87.1 Å². The lowest BCUT2D eigenvalue weighted by molar-refractivity contribution is -0.130. The van der Waals surface area contributed by atoms with Crippen LogP contribution in [-0.2, 0) is 14.6 Å². The molecule has 1 spiro atoms. The highest BCUT2D eigenvalue weighted by Gasteiger charge is 2.46. The fourth-order valence-corrected chi connectivity index (χ4v) is 8.78. The van der Waals surface area contributed by atoms with Gasteiger partial charge in [-0.2, -0.15) is 0 Å². The smallest absolute Gasteiger partial charge is 0.266 e. The molecule has 2 unspecified atom stereocenters. The lowest BCUT2D eigenvalue weighted by atomic mass is 9.86. The molecule has 4 aromatic rings. The molecule has 242 valence electrons. The third-order valence-corrected chi connectivity index (χ3v) is 11.8. The maximum Gasteiger partial charge on any atom is 0.266 e. The Hall–Kier alpha value is -3.05. The number of benzene rings is 3. The predicted octanol–water partition coefficient (Wildman–Crippen LogP) is 6.88. The van der Waals surface area contributed by atoms with Crippen molar-refractivity contribution >= 4 is 67.3 Å². The van der Waals surface area contributed by atoms with Gasteiger partial charge in [-0.05, 0) is 73.9 Å². The Labute approximate surface area is 283 Å². The fraction of sp³-hybridized carbons (Fsp3) is 0.382. The largest absolute Gasteiger partial charge is 0.371 e. The number of unbranched alkanes of at least 4 members (excludes halogenated alkanes) is 1. The molecule has 2 atom stereocenters. The first-order chi connectivity index (χ1) is 22.0. The van der Waals surface area contributed by atoms with Gasteiger partial charge in [0, 0.05) is 53.6 Å². The summed E-state index contributed by atoms with van der Waals surface area (Å²) in [5, 5.41) is 1.29. The maximum atomic E-state index is 14.3. The fourth-order valence-electron chi connectivity index (χ4n) is 6.54. The molecule has 0 radical (unpaired) electrons. The van der Waals surface area contributed by atoms with Gasteiger partial charge in [0.1, 0.15) is 0 Å². The summed E-state index contributed by atoms with van der Waals surface area (Å²) in [6, 6.07) is 19.2. The Kier molecular flexibility index (Phi) is 9.45. The highest BCUT2D eigenvalue weighted by Crippen LogP contribution is 2.42. The van der Waals surface area contributed by atoms with E-state index >= 15 is 0 Å². The van der Waals surface area contributed by atoms with Crippen molar-refractivity contribution < 1.29 is 13.2 Å². The molecule has 3 heterocycles. The Morgan fingerprint density at radius 1 is 0.978 bits per heavy atom. The number of anilines is 1. The van der Waals surface area contributed by atoms with Gasteiger partial charge in [-0.1, -0.05) is 66.9 Å². The molecule has 8 nitrogen and oxygen atoms in total. The Morgan fingerprint density at radius 3 is 2.37 bits per heavy atom. The number of carbonyl (C=O) groups excluding carboxylic acids is 1. The molecule has 2 saturated heterocycles. The number of hydrogen-bond donors (Lipinski definition) is 0. The molecule has 0 N–H and O–H groups in total. The first kappa shape index (κ1) is 32.9. The van der Waals surface area contributed by atoms with Crippen LogP contribution in [-0.4, -0.2) is 66.5 Å². The highest BCUT2D eigenvalue weighted by molar-refractivity contribution is 8.00. The van der Waals surface area contributed by atoms with Crippen LogP contribution in [0.1, 0.15) is 39.0 Å². The molecule has 12 heteroatoms. The Balaban J connectivity index is 1.33. The van der Waals surface area contributed by atoms with Crippen molar-refractivity contribution in [3.8, 4) is 5.69 Å². The second-order valence-corrected chi connectivity index (χ2v) is 16.4. The zero-order valence-electron chi connectivity index (χ0n) is 25.8. The minimum atomic E-state index is -3.53. The van der Waals surface area contributed by atoms with Crippen LogP contribution in [0.5, 0.6) is 0 Å². The number of likely N-dealkylation sites (tertiary alicyclic amines) is 1. The van der Waals surface area contributed by atoms with E-state index in [1.165, 1.54) is 34.5 Å². The van der Waals surface area contributed by atoms with Crippen LogP contribution in [0.4, 0.5) is 5.69 Å². The van der Waals surface area contributed by atoms with E-state index in [1.807, 2.05) is 23.1 Å². The summed E-state index contributed by atoms with van der Waals surface area (Å²) in [6.45, 7) is 5.22. The lowest BCUT2D eigenvalue weighted by Gasteiger charge is -2.27. The molecule has 3 aromatic carbocycles. The summed E-state index contributed by atoms with van der Waals surface area (Å²) in [7, 11) is -3.53. The molecule has 2 aliphatic heterocycles. The summed E-state index contributed by atoms with van der Waals surface area (Å²) in [4.78, 5) is 37.5. The number of hydrogen-bond acceptors (Lipinski definition) is 7. The van der Waals surface area contributed by atoms with Crippen LogP contribution in [0.15, 0.2) is 81.6 Å². The quantitative estimate of drug-likeness (QED) is 0.139. The lowest BCUT2D eigenvalue weighted by Crippen LogP contribution is -2.39. The van der Waals surface area contributed by atoms with Crippen molar-refractivity contribution in [2.45, 2.75) is 54.3 Å². The van der Waals surface area contributed by atoms with Crippen LogP contribution in [0.2, 0.25) is 10.0 Å². The number of carbonyl (C=O) groups is 1. The molecule has 46 heavy (non-hydrogen) atoms. The number of amides is 1. The Morgan fingerprint density at radius 2 is 1.67 bits per heavy atom. The molecule has 6 rings (SSSR count). The van der Waals surface area contributed by atoms with Gasteiger partial charge in [-0.25, -0.2) is 13.4 Å². The molecule has 2 fully saturated rings. The van der Waals surface area contributed by atoms with Crippen molar-refractivity contribution in [1.29, 1.82) is 0 Å². The summed E-state index contributed by atoms with van der Waals surface area (Å²) < 4.78 is 26.2. The first-order valence-corrected chi connectivity index (χ1v) is 19.0. The van der Waals surface area contributed by atoms with E-state index in [-0.39, 0.29) is 32.7 Å². The molecular weight excluding hydrogens is 663 g/mol. The monoisotopic (exact) mass is 698 g/mol. The van der Waals surface area contributed by atoms with Gasteiger partial charge in [0.25, 0.3) is 5.56 Å². The van der Waals surface area contributed by atoms with Gasteiger partial charge in [0.15, 0.2) is 15.0 Å². The van der Waals surface area contributed by atoms with Gasteiger partial charge in [0.2, 0.25) is 5.91 Å². The predicted molar refractivity (Wildman–Crippen MR) is 187 cm³/mol. The zero-order valence-corrected chi connectivity index (χ0v) is 28.9. The van der Waals surface area contributed by atoms with Gasteiger partial charge in [-0.15, -0.1) is 0 Å². The van der Waals surface area contributed by atoms with E-state index in [2.05, 4.69) is 17.9 Å². The van der Waals surface area contributed by atoms with Crippen LogP contribution >= 0.6 is 35.0 Å². The SMILES string of the molecule is CCCCC(Sc1nc2cc(S(C)(=O)=O)ccc2c(=O)n1-c1cccc(Cl)c1)C(=O)N1CCC2(CCN(c3cccc(Cl)c3)C2)C1. The van der Waals surface area contributed by atoms with Gasteiger partial charge >= 0.3 is 0 Å². The van der Waals surface area contributed by atoms with Crippen LogP contribution in [0, 0.1) is 5.41 Å². The van der Waals surface area contributed by atoms with Crippen LogP contribution in [0.3, 0.4) is 0 Å². The second-order valence-electron chi connectivity index (χ2n) is 12.4. The highest BCUT2D eigenvalue weighted by atomic mass is 35.5. The summed E-state index contributed by atoms with van der Waals surface area (Å²) in [5.74, 6) is 0.0356. The third kappa shape index (κ3) is 6.81. The number of thioether (sulfide) groups is 1. The van der Waals surface area contributed by atoms with Crippen LogP contribution in [0.25, 0.3) is 16.6 Å². The number of nitrogens with zero attached hydrogens (tertiary/aromatic N) is 4. The van der Waals surface area contributed by atoms with Crippen molar-refractivity contribution in [1.82, 2.24) is 14.5 Å². The standard InChI is InChI=1S/C34H36Cl2N4O4S2/c1-3-4-11-30(32(42)39-17-15-34(22-39)14-16-38(21-34)25-9-5-7-23(35)18-25)45-33-37-29-20-27(46(2,43)44)12-13-28(29)31(41)40(33)26-10-6-8-24(36)19-26/h5-10,12-13,18-20,30H,3-4,11,14-17,21-22H2,1-2H3. The normalized spacial score (nSPS) is 19.0.